The van der Waals surface area contributed by atoms with E-state index in [9.17, 15) is 37.9 Å². The lowest BCUT2D eigenvalue weighted by Crippen LogP contribution is -2.38. The third-order valence-electron chi connectivity index (χ3n) is 4.86. The number of carbonyl (C=O) groups excluding carboxylic acids is 2. The first-order chi connectivity index (χ1) is 16.7. The number of hydrogen-bond donors (Lipinski definition) is 2. The van der Waals surface area contributed by atoms with Crippen molar-refractivity contribution in [3.63, 3.8) is 0 Å². The van der Waals surface area contributed by atoms with Crippen LogP contribution in [-0.2, 0) is 22.3 Å². The summed E-state index contributed by atoms with van der Waals surface area (Å²) < 4.78 is 44.8. The number of hydrogen-bond acceptors (Lipinski definition) is 7. The number of alkyl halides is 3. The fourth-order valence-corrected chi connectivity index (χ4v) is 3.33. The molecule has 2 aromatic heterocycles. The SMILES string of the molecule is CC(C)(C)OC(=O)CNC(=O)c1c(O)c2cc(C#N)cnc2n(Cc2ccc(C(F)(F)F)cc2)c1=O. The highest BCUT2D eigenvalue weighted by molar-refractivity contribution is 6.02. The minimum absolute atomic E-state index is 0.0256. The van der Waals surface area contributed by atoms with E-state index in [4.69, 9.17) is 4.74 Å². The van der Waals surface area contributed by atoms with Crippen LogP contribution in [0.1, 0.15) is 47.8 Å². The molecule has 0 aliphatic heterocycles. The summed E-state index contributed by atoms with van der Waals surface area (Å²) in [6.07, 6.45) is -3.40. The van der Waals surface area contributed by atoms with Gasteiger partial charge in [0.2, 0.25) is 0 Å². The van der Waals surface area contributed by atoms with E-state index in [1.807, 2.05) is 6.07 Å². The molecule has 2 heterocycles. The number of benzene rings is 1. The van der Waals surface area contributed by atoms with Gasteiger partial charge in [-0.25, -0.2) is 4.98 Å². The van der Waals surface area contributed by atoms with Crippen LogP contribution in [-0.4, -0.2) is 38.7 Å². The molecule has 3 aromatic rings. The van der Waals surface area contributed by atoms with E-state index >= 15 is 0 Å². The highest BCUT2D eigenvalue weighted by Crippen LogP contribution is 2.30. The van der Waals surface area contributed by atoms with Crippen LogP contribution in [0.4, 0.5) is 13.2 Å². The molecule has 0 atom stereocenters. The summed E-state index contributed by atoms with van der Waals surface area (Å²) in [5, 5.41) is 22.0. The Morgan fingerprint density at radius 1 is 1.19 bits per heavy atom. The number of ether oxygens (including phenoxy) is 1. The minimum Gasteiger partial charge on any atom is -0.506 e. The zero-order valence-electron chi connectivity index (χ0n) is 19.4. The predicted molar refractivity (Wildman–Crippen MR) is 121 cm³/mol. The van der Waals surface area contributed by atoms with Crippen LogP contribution < -0.4 is 10.9 Å². The predicted octanol–water partition coefficient (Wildman–Crippen LogP) is 3.11. The molecule has 36 heavy (non-hydrogen) atoms. The van der Waals surface area contributed by atoms with Crippen molar-refractivity contribution in [2.45, 2.75) is 39.1 Å². The molecule has 1 aromatic carbocycles. The van der Waals surface area contributed by atoms with Crippen LogP contribution in [0.2, 0.25) is 0 Å². The summed E-state index contributed by atoms with van der Waals surface area (Å²) in [4.78, 5) is 42.0. The Labute approximate surface area is 202 Å². The number of carbonyl (C=O) groups is 2. The summed E-state index contributed by atoms with van der Waals surface area (Å²) in [6, 6.07) is 7.07. The van der Waals surface area contributed by atoms with Crippen LogP contribution in [0, 0.1) is 11.3 Å². The molecule has 2 N–H and O–H groups in total. The molecule has 3 rings (SSSR count). The molecule has 0 saturated heterocycles. The number of halogens is 3. The summed E-state index contributed by atoms with van der Waals surface area (Å²) in [7, 11) is 0. The molecule has 0 radical (unpaired) electrons. The number of aromatic hydroxyl groups is 1. The zero-order valence-corrected chi connectivity index (χ0v) is 19.4. The molecular weight excluding hydrogens is 481 g/mol. The first kappa shape index (κ1) is 26.2. The summed E-state index contributed by atoms with van der Waals surface area (Å²) in [5.74, 6) is -2.63. The number of nitrogens with one attached hydrogen (secondary N) is 1. The Morgan fingerprint density at radius 2 is 1.83 bits per heavy atom. The number of aromatic nitrogens is 2. The van der Waals surface area contributed by atoms with Crippen LogP contribution in [0.25, 0.3) is 11.0 Å². The zero-order chi connectivity index (χ0) is 26.8. The third-order valence-corrected chi connectivity index (χ3v) is 4.86. The van der Waals surface area contributed by atoms with E-state index in [-0.39, 0.29) is 28.7 Å². The van der Waals surface area contributed by atoms with Crippen molar-refractivity contribution in [1.29, 1.82) is 5.26 Å². The van der Waals surface area contributed by atoms with E-state index in [0.717, 1.165) is 22.9 Å². The van der Waals surface area contributed by atoms with E-state index in [1.54, 1.807) is 20.8 Å². The Hall–Kier alpha value is -4.40. The lowest BCUT2D eigenvalue weighted by molar-refractivity contribution is -0.153. The van der Waals surface area contributed by atoms with Gasteiger partial charge in [0, 0.05) is 6.20 Å². The largest absolute Gasteiger partial charge is 0.506 e. The van der Waals surface area contributed by atoms with Crippen LogP contribution in [0.5, 0.6) is 5.75 Å². The van der Waals surface area contributed by atoms with Gasteiger partial charge in [0.05, 0.1) is 23.1 Å². The Balaban J connectivity index is 2.06. The summed E-state index contributed by atoms with van der Waals surface area (Å²) >= 11 is 0. The monoisotopic (exact) mass is 502 g/mol. The molecule has 188 valence electrons. The average molecular weight is 502 g/mol. The maximum atomic E-state index is 13.2. The van der Waals surface area contributed by atoms with Crippen molar-refractivity contribution in [3.8, 4) is 11.8 Å². The van der Waals surface area contributed by atoms with Crippen molar-refractivity contribution >= 4 is 22.9 Å². The van der Waals surface area contributed by atoms with Crippen molar-refractivity contribution < 1.29 is 32.6 Å². The third kappa shape index (κ3) is 5.80. The van der Waals surface area contributed by atoms with E-state index in [1.165, 1.54) is 18.2 Å². The Bertz CT molecular complexity index is 1430. The van der Waals surface area contributed by atoms with Gasteiger partial charge in [-0.1, -0.05) is 12.1 Å². The van der Waals surface area contributed by atoms with Gasteiger partial charge in [-0.15, -0.1) is 0 Å². The number of nitrogens with zero attached hydrogens (tertiary/aromatic N) is 3. The number of rotatable bonds is 5. The molecule has 0 saturated carbocycles. The molecule has 0 fully saturated rings. The smallest absolute Gasteiger partial charge is 0.416 e. The molecule has 0 spiro atoms. The van der Waals surface area contributed by atoms with Crippen molar-refractivity contribution in [1.82, 2.24) is 14.9 Å². The topological polar surface area (TPSA) is 134 Å². The van der Waals surface area contributed by atoms with Gasteiger partial charge in [0.25, 0.3) is 11.5 Å². The van der Waals surface area contributed by atoms with Crippen LogP contribution >= 0.6 is 0 Å². The fraction of sp³-hybridized carbons (Fsp3) is 0.292. The average Bonchev–Trinajstić information content (AvgIpc) is 2.79. The standard InChI is InChI=1S/C24H21F3N4O5/c1-23(2,3)36-17(32)11-30-21(34)18-19(33)16-8-14(9-28)10-29-20(16)31(22(18)35)12-13-4-6-15(7-5-13)24(25,26)27/h4-8,10,33H,11-12H2,1-3H3,(H,30,34). The van der Waals surface area contributed by atoms with Gasteiger partial charge in [0.1, 0.15) is 35.2 Å². The lowest BCUT2D eigenvalue weighted by Gasteiger charge is -2.19. The second kappa shape index (κ2) is 9.69. The van der Waals surface area contributed by atoms with Gasteiger partial charge in [-0.2, -0.15) is 18.4 Å². The second-order valence-electron chi connectivity index (χ2n) is 8.79. The summed E-state index contributed by atoms with van der Waals surface area (Å²) in [6.45, 7) is 3.99. The van der Waals surface area contributed by atoms with Crippen molar-refractivity contribution in [2.24, 2.45) is 0 Å². The van der Waals surface area contributed by atoms with Crippen LogP contribution in [0.15, 0.2) is 41.3 Å². The number of amides is 1. The van der Waals surface area contributed by atoms with Crippen LogP contribution in [0.3, 0.4) is 0 Å². The first-order valence-corrected chi connectivity index (χ1v) is 10.5. The molecule has 0 bridgehead atoms. The maximum absolute atomic E-state index is 13.2. The number of pyridine rings is 2. The molecule has 12 heteroatoms. The summed E-state index contributed by atoms with van der Waals surface area (Å²) in [5.41, 5.74) is -3.22. The van der Waals surface area contributed by atoms with Crippen molar-refractivity contribution in [3.05, 3.63) is 69.1 Å². The Kier molecular flexibility index (Phi) is 7.05. The molecular formula is C24H21F3N4O5. The van der Waals surface area contributed by atoms with Gasteiger partial charge in [-0.05, 0) is 44.5 Å². The van der Waals surface area contributed by atoms with Crippen molar-refractivity contribution in [2.75, 3.05) is 6.54 Å². The van der Waals surface area contributed by atoms with Gasteiger partial charge in [0.15, 0.2) is 0 Å². The second-order valence-corrected chi connectivity index (χ2v) is 8.79. The van der Waals surface area contributed by atoms with E-state index in [0.29, 0.717) is 0 Å². The van der Waals surface area contributed by atoms with Gasteiger partial charge < -0.3 is 15.2 Å². The van der Waals surface area contributed by atoms with E-state index in [2.05, 4.69) is 10.3 Å². The highest BCUT2D eigenvalue weighted by atomic mass is 19.4. The number of fused-ring (bicyclic) bond motifs is 1. The van der Waals surface area contributed by atoms with Gasteiger partial charge >= 0.3 is 12.1 Å². The van der Waals surface area contributed by atoms with E-state index < -0.39 is 52.6 Å². The quantitative estimate of drug-likeness (QED) is 0.512. The number of esters is 1. The lowest BCUT2D eigenvalue weighted by atomic mass is 10.1. The molecule has 1 amide bonds. The normalized spacial score (nSPS) is 11.7. The molecule has 0 aliphatic rings. The minimum atomic E-state index is -4.55. The number of nitriles is 1. The molecule has 0 unspecified atom stereocenters. The highest BCUT2D eigenvalue weighted by Gasteiger charge is 2.30. The molecule has 9 nitrogen and oxygen atoms in total. The first-order valence-electron chi connectivity index (χ1n) is 10.5. The maximum Gasteiger partial charge on any atom is 0.416 e. The Morgan fingerprint density at radius 3 is 2.39 bits per heavy atom. The molecule has 0 aliphatic carbocycles. The van der Waals surface area contributed by atoms with Gasteiger partial charge in [-0.3, -0.25) is 19.0 Å². The fourth-order valence-electron chi connectivity index (χ4n) is 3.33.